The average molecular weight is 2020 g/mol. The summed E-state index contributed by atoms with van der Waals surface area (Å²) >= 11 is 0. The Morgan fingerprint density at radius 2 is 0.596 bits per heavy atom. The summed E-state index contributed by atoms with van der Waals surface area (Å²) in [6.45, 7) is 3.97. The normalized spacial score (nSPS) is 22.8. The van der Waals surface area contributed by atoms with Gasteiger partial charge in [0.25, 0.3) is 0 Å². The van der Waals surface area contributed by atoms with Crippen molar-refractivity contribution in [3.8, 4) is 17.2 Å². The lowest BCUT2D eigenvalue weighted by Gasteiger charge is -2.34. The molecule has 0 unspecified atom stereocenters. The molecule has 35 N–H and O–H groups in total. The second kappa shape index (κ2) is 56.8. The number of nitrogens with two attached hydrogens (primary N) is 6. The third-order valence-electron chi connectivity index (χ3n) is 26.1. The first kappa shape index (κ1) is 113. The van der Waals surface area contributed by atoms with Gasteiger partial charge in [0.1, 0.15) is 102 Å². The number of guanidine groups is 3. The number of hydrogen-bond acceptors (Lipinski definition) is 23. The molecule has 3 saturated heterocycles. The molecule has 14 atom stereocenters. The van der Waals surface area contributed by atoms with Crippen LogP contribution in [0.5, 0.6) is 17.2 Å². The second-order valence-corrected chi connectivity index (χ2v) is 37.8. The third kappa shape index (κ3) is 34.6. The van der Waals surface area contributed by atoms with Crippen LogP contribution in [0.1, 0.15) is 170 Å². The Morgan fingerprint density at radius 3 is 0.925 bits per heavy atom. The number of amides is 14. The van der Waals surface area contributed by atoms with Gasteiger partial charge in [-0.2, -0.15) is 0 Å². The largest absolute Gasteiger partial charge is 0.508 e. The molecule has 7 aromatic rings. The van der Waals surface area contributed by atoms with Crippen molar-refractivity contribution in [2.45, 2.75) is 259 Å². The van der Waals surface area contributed by atoms with E-state index in [1.165, 1.54) is 82.6 Å². The van der Waals surface area contributed by atoms with Crippen molar-refractivity contribution in [1.29, 1.82) is 16.2 Å². The van der Waals surface area contributed by atoms with Crippen LogP contribution in [-0.4, -0.2) is 273 Å². The SMILES string of the molecule is CC(C)C[C@@H]1NC(=O)[C@H](Cc2c[nH]c3ccccc23)NC(=O)[C@H](Cc2ccc(O)cc2)NC(=O)[C@@H]2CCCN2C(=O)[C@H]2CCCN2C(=O)[C@H](CCCNC(=N)N)NC(=O)[C@H](Cc2ccc(O)cc2)NC(=O)[C@H](Cc2ccc(O)cc2)NC(=O)[C@H](CCCCN)NC(=O)[C@H](Cc2c[nH]c3ccccc23)NC(=O)[C@H](CCCNC(=N)N)NC(=O)[C@H](CCCNC(=N)N)NC(=O)[C@H](CCCCN)NC(=O)[C@H](CCCCN)NC1=O. The van der Waals surface area contributed by atoms with Gasteiger partial charge in [0.15, 0.2) is 17.9 Å². The van der Waals surface area contributed by atoms with E-state index in [-0.39, 0.29) is 217 Å². The van der Waals surface area contributed by atoms with Crippen LogP contribution in [0.2, 0.25) is 0 Å². The van der Waals surface area contributed by atoms with Gasteiger partial charge < -0.3 is 149 Å². The minimum atomic E-state index is -1.66. The predicted octanol–water partition coefficient (Wildman–Crippen LogP) is -0.685. The number of unbranched alkanes of at least 4 members (excludes halogenated alkanes) is 3. The molecular formula is C101H144N28O17. The van der Waals surface area contributed by atoms with Gasteiger partial charge in [-0.25, -0.2) is 0 Å². The molecule has 790 valence electrons. The number of aromatic hydroxyl groups is 3. The van der Waals surface area contributed by atoms with Gasteiger partial charge in [-0.05, 0) is 230 Å². The Bertz CT molecular complexity index is 5630. The van der Waals surface area contributed by atoms with E-state index in [1.807, 2.05) is 0 Å². The third-order valence-corrected chi connectivity index (χ3v) is 26.1. The van der Waals surface area contributed by atoms with E-state index in [9.17, 15) is 15.3 Å². The Morgan fingerprint density at radius 1 is 0.329 bits per heavy atom. The molecule has 146 heavy (non-hydrogen) atoms. The van der Waals surface area contributed by atoms with E-state index >= 15 is 67.1 Å². The number of aromatic nitrogens is 2. The fraction of sp³-hybridized carbons (Fsp3) is 0.495. The number of para-hydroxylation sites is 2. The number of carbonyl (C=O) groups excluding carboxylic acids is 14. The summed E-state index contributed by atoms with van der Waals surface area (Å²) in [5.74, 6) is -14.5. The van der Waals surface area contributed by atoms with Crippen molar-refractivity contribution in [3.63, 3.8) is 0 Å². The number of hydrogen-bond donors (Lipinski definition) is 29. The van der Waals surface area contributed by atoms with E-state index in [2.05, 4.69) is 89.7 Å². The van der Waals surface area contributed by atoms with Gasteiger partial charge in [0.2, 0.25) is 82.7 Å². The first-order valence-electron chi connectivity index (χ1n) is 50.1. The van der Waals surface area contributed by atoms with E-state index < -0.39 is 185 Å². The number of carbonyl (C=O) groups is 14. The van der Waals surface area contributed by atoms with Crippen molar-refractivity contribution in [1.82, 2.24) is 99.5 Å². The fourth-order valence-corrected chi connectivity index (χ4v) is 18.3. The van der Waals surface area contributed by atoms with Crippen molar-refractivity contribution in [2.75, 3.05) is 52.4 Å². The molecule has 5 aromatic carbocycles. The zero-order valence-electron chi connectivity index (χ0n) is 82.6. The summed E-state index contributed by atoms with van der Waals surface area (Å²) in [5, 5.41) is 98.7. The first-order chi connectivity index (χ1) is 70.1. The van der Waals surface area contributed by atoms with Crippen LogP contribution in [0.4, 0.5) is 0 Å². The van der Waals surface area contributed by atoms with Crippen LogP contribution >= 0.6 is 0 Å². The van der Waals surface area contributed by atoms with Gasteiger partial charge >= 0.3 is 0 Å². The van der Waals surface area contributed by atoms with Gasteiger partial charge in [0.05, 0.1) is 0 Å². The summed E-state index contributed by atoms with van der Waals surface area (Å²) in [7, 11) is 0. The van der Waals surface area contributed by atoms with Crippen LogP contribution in [-0.2, 0) is 99.2 Å². The summed E-state index contributed by atoms with van der Waals surface area (Å²) in [6, 6.07) is 10.2. The molecular weight excluding hydrogens is 1880 g/mol. The van der Waals surface area contributed by atoms with Crippen molar-refractivity contribution < 1.29 is 82.4 Å². The smallest absolute Gasteiger partial charge is 0.246 e. The van der Waals surface area contributed by atoms with E-state index in [0.717, 1.165) is 0 Å². The molecule has 0 saturated carbocycles. The van der Waals surface area contributed by atoms with Crippen LogP contribution in [0, 0.1) is 22.1 Å². The van der Waals surface area contributed by atoms with Crippen molar-refractivity contribution in [2.24, 2.45) is 40.3 Å². The first-order valence-corrected chi connectivity index (χ1v) is 50.1. The average Bonchev–Trinajstić information content (AvgIpc) is 1.64. The standard InChI is InChI=1S/C101H144N28O17/c1-58(2)50-77-90(138)119-72(23-8-11-43-103)86(134)116-71(22-7-10-42-102)85(133)117-74(25-13-45-111-99(105)106)87(135)118-75(26-14-46-112-100(107)108)89(137)125-81(54-62-56-114-69-20-5-3-18-67(62)69)94(142)120-73(24-9-12-44-104)88(136)123-79(52-60-32-38-65(131)39-33-60)92(140)124-78(51-59-30-36-64(130)37-31-59)91(139)121-76(27-15-47-113-101(109)110)97(145)129-49-17-29-84(129)98(146)128-48-16-28-83(128)96(144)127-80(53-61-34-40-66(132)41-35-61)93(141)126-82(95(143)122-77)55-63-57-115-70-21-6-4-19-68(63)70/h3-6,18-21,30-41,56-58,71-84,114-115,130-132H,7-17,22-29,42-55,102-104H2,1-2H3,(H,116,134)(H,117,133)(H,118,135)(H,119,138)(H,120,142)(H,121,139)(H,122,143)(H,123,136)(H,124,140)(H,125,137)(H,126,141)(H,127,144)(H4,105,106,111)(H4,107,108,112)(H4,109,110,113)/t71-,72-,73-,74-,75-,76-,77-,78-,79-,80-,81-,82-,83-,84+/m0/s1. The number of rotatable bonds is 36. The van der Waals surface area contributed by atoms with E-state index in [4.69, 9.17) is 50.6 Å². The van der Waals surface area contributed by atoms with Crippen LogP contribution in [0.3, 0.4) is 0 Å². The highest BCUT2D eigenvalue weighted by Gasteiger charge is 2.46. The lowest BCUT2D eigenvalue weighted by Crippen LogP contribution is -2.62. The summed E-state index contributed by atoms with van der Waals surface area (Å²) in [6.07, 6.45) is 3.32. The van der Waals surface area contributed by atoms with E-state index in [0.29, 0.717) is 68.9 Å². The number of aromatic amines is 2. The number of H-pyrrole nitrogens is 2. The van der Waals surface area contributed by atoms with Gasteiger partial charge in [-0.3, -0.25) is 83.4 Å². The zero-order valence-corrected chi connectivity index (χ0v) is 82.6. The summed E-state index contributed by atoms with van der Waals surface area (Å²) in [4.78, 5) is 227. The van der Waals surface area contributed by atoms with Crippen LogP contribution in [0.25, 0.3) is 21.8 Å². The number of nitrogens with zero attached hydrogens (tertiary/aromatic N) is 2. The molecule has 0 aliphatic carbocycles. The quantitative estimate of drug-likeness (QED) is 0.0131. The molecule has 45 nitrogen and oxygen atoms in total. The molecule has 3 aliphatic rings. The Balaban J connectivity index is 1.08. The molecule has 45 heteroatoms. The lowest BCUT2D eigenvalue weighted by molar-refractivity contribution is -0.148. The van der Waals surface area contributed by atoms with Crippen LogP contribution < -0.4 is 114 Å². The molecule has 3 fully saturated rings. The molecule has 10 rings (SSSR count). The predicted molar refractivity (Wildman–Crippen MR) is 548 cm³/mol. The second-order valence-electron chi connectivity index (χ2n) is 37.8. The van der Waals surface area contributed by atoms with Gasteiger partial charge in [-0.15, -0.1) is 0 Å². The summed E-state index contributed by atoms with van der Waals surface area (Å²) in [5.41, 5.74) is 38.8. The maximum absolute atomic E-state index is 15.7. The van der Waals surface area contributed by atoms with E-state index in [1.54, 1.807) is 74.8 Å². The zero-order chi connectivity index (χ0) is 105. The van der Waals surface area contributed by atoms with Crippen molar-refractivity contribution in [3.05, 3.63) is 162 Å². The Kier molecular flexibility index (Phi) is 43.9. The van der Waals surface area contributed by atoms with Gasteiger partial charge in [0, 0.05) is 99.0 Å². The molecule has 5 heterocycles. The molecule has 0 spiro atoms. The summed E-state index contributed by atoms with van der Waals surface area (Å²) < 4.78 is 0. The van der Waals surface area contributed by atoms with Crippen LogP contribution in [0.15, 0.2) is 134 Å². The fourth-order valence-electron chi connectivity index (χ4n) is 18.3. The molecule has 2 aromatic heterocycles. The maximum Gasteiger partial charge on any atom is 0.246 e. The minimum Gasteiger partial charge on any atom is -0.508 e. The maximum atomic E-state index is 15.7. The number of benzene rings is 5. The van der Waals surface area contributed by atoms with Crippen molar-refractivity contribution >= 4 is 122 Å². The highest BCUT2D eigenvalue weighted by Crippen LogP contribution is 2.29. The molecule has 0 radical (unpaired) electrons. The topological polar surface area (TPSA) is 746 Å². The van der Waals surface area contributed by atoms with Gasteiger partial charge in [-0.1, -0.05) is 86.6 Å². The highest BCUT2D eigenvalue weighted by atomic mass is 16.3. The highest BCUT2D eigenvalue weighted by molar-refractivity contribution is 6.02. The molecule has 3 aliphatic heterocycles. The monoisotopic (exact) mass is 2020 g/mol. The molecule has 0 bridgehead atoms. The lowest BCUT2D eigenvalue weighted by atomic mass is 9.99. The molecule has 14 amide bonds. The Hall–Kier alpha value is -15.1. The number of fused-ring (bicyclic) bond motifs is 4. The number of nitrogens with one attached hydrogen (secondary N) is 20. The number of phenolic OH excluding ortho intramolecular Hbond substituents is 3. The minimum absolute atomic E-state index is 0.00456. The Labute approximate surface area is 846 Å². The number of phenols is 3.